The maximum Gasteiger partial charge on any atom is 0.242 e. The summed E-state index contributed by atoms with van der Waals surface area (Å²) in [7, 11) is 4.99. The van der Waals surface area contributed by atoms with E-state index in [2.05, 4.69) is 10.6 Å². The third kappa shape index (κ3) is 4.56. The summed E-state index contributed by atoms with van der Waals surface area (Å²) in [5.41, 5.74) is 2.20. The Morgan fingerprint density at radius 1 is 1.19 bits per heavy atom. The van der Waals surface area contributed by atoms with E-state index in [0.29, 0.717) is 6.42 Å². The first-order valence-electron chi connectivity index (χ1n) is 7.11. The largest absolute Gasteiger partial charge is 0.357 e. The van der Waals surface area contributed by atoms with Crippen molar-refractivity contribution in [1.29, 1.82) is 0 Å². The van der Waals surface area contributed by atoms with Gasteiger partial charge in [-0.1, -0.05) is 29.8 Å². The molecule has 0 fully saturated rings. The Hall–Kier alpha value is -1.88. The minimum Gasteiger partial charge on any atom is -0.357 e. The number of carbonyl (C=O) groups is 2. The van der Waals surface area contributed by atoms with Crippen LogP contribution < -0.4 is 10.6 Å². The fourth-order valence-corrected chi connectivity index (χ4v) is 2.10. The van der Waals surface area contributed by atoms with Crippen LogP contribution in [0.15, 0.2) is 24.3 Å². The molecule has 0 radical (unpaired) electrons. The summed E-state index contributed by atoms with van der Waals surface area (Å²) in [5.74, 6) is -0.257. The summed E-state index contributed by atoms with van der Waals surface area (Å²) in [6, 6.07) is 7.17. The quantitative estimate of drug-likeness (QED) is 0.812. The molecule has 0 unspecified atom stereocenters. The van der Waals surface area contributed by atoms with Crippen molar-refractivity contribution in [3.05, 3.63) is 35.4 Å². The van der Waals surface area contributed by atoms with E-state index in [9.17, 15) is 9.59 Å². The smallest absolute Gasteiger partial charge is 0.242 e. The number of aryl methyl sites for hydroxylation is 1. The Balaban J connectivity index is 2.92. The Kier molecular flexibility index (Phi) is 6.37. The van der Waals surface area contributed by atoms with E-state index in [1.54, 1.807) is 28.1 Å². The van der Waals surface area contributed by atoms with Crippen LogP contribution in [0.2, 0.25) is 0 Å². The number of likely N-dealkylation sites (N-methyl/N-ethyl adjacent to an activating group) is 3. The van der Waals surface area contributed by atoms with Gasteiger partial charge in [-0.05, 0) is 26.5 Å². The molecular formula is C16H25N3O2. The number of nitrogens with one attached hydrogen (secondary N) is 2. The monoisotopic (exact) mass is 291 g/mol. The van der Waals surface area contributed by atoms with Crippen molar-refractivity contribution in [3.63, 3.8) is 0 Å². The maximum atomic E-state index is 12.3. The van der Waals surface area contributed by atoms with Gasteiger partial charge in [-0.15, -0.1) is 0 Å². The van der Waals surface area contributed by atoms with E-state index in [-0.39, 0.29) is 17.9 Å². The molecule has 5 heteroatoms. The van der Waals surface area contributed by atoms with Crippen LogP contribution >= 0.6 is 0 Å². The molecule has 0 spiro atoms. The molecule has 5 nitrogen and oxygen atoms in total. The molecule has 0 heterocycles. The molecule has 0 aromatic heterocycles. The zero-order chi connectivity index (χ0) is 16.0. The zero-order valence-corrected chi connectivity index (χ0v) is 13.4. The van der Waals surface area contributed by atoms with E-state index >= 15 is 0 Å². The topological polar surface area (TPSA) is 61.4 Å². The Morgan fingerprint density at radius 2 is 1.76 bits per heavy atom. The molecule has 2 N–H and O–H groups in total. The third-order valence-electron chi connectivity index (χ3n) is 3.72. The van der Waals surface area contributed by atoms with Gasteiger partial charge in [0.15, 0.2) is 0 Å². The first-order chi connectivity index (χ1) is 9.90. The van der Waals surface area contributed by atoms with Crippen molar-refractivity contribution in [3.8, 4) is 0 Å². The molecule has 0 aliphatic heterocycles. The summed E-state index contributed by atoms with van der Waals surface area (Å²) >= 11 is 0. The van der Waals surface area contributed by atoms with Crippen LogP contribution in [-0.2, 0) is 16.0 Å². The maximum absolute atomic E-state index is 12.3. The standard InChI is InChI=1S/C16H25N3O2/c1-11-6-8-13(9-7-11)10-14(15(20)18-4)19(5)16(21)12(2)17-3/h6-9,12,14,17H,10H2,1-5H3,(H,18,20)/t12-,14-/m1/s1. The molecule has 1 rings (SSSR count). The van der Waals surface area contributed by atoms with Crippen LogP contribution in [0, 0.1) is 6.92 Å². The molecule has 21 heavy (non-hydrogen) atoms. The second-order valence-electron chi connectivity index (χ2n) is 5.28. The van der Waals surface area contributed by atoms with Crippen molar-refractivity contribution < 1.29 is 9.59 Å². The highest BCUT2D eigenvalue weighted by Gasteiger charge is 2.28. The second kappa shape index (κ2) is 7.78. The molecule has 2 atom stereocenters. The molecule has 0 aliphatic rings. The fourth-order valence-electron chi connectivity index (χ4n) is 2.10. The first-order valence-corrected chi connectivity index (χ1v) is 7.11. The molecule has 0 saturated carbocycles. The van der Waals surface area contributed by atoms with Crippen molar-refractivity contribution in [2.75, 3.05) is 21.1 Å². The SMILES string of the molecule is CNC(=O)[C@@H](Cc1ccc(C)cc1)N(C)C(=O)[C@@H](C)NC. The average molecular weight is 291 g/mol. The van der Waals surface area contributed by atoms with Gasteiger partial charge in [-0.3, -0.25) is 9.59 Å². The van der Waals surface area contributed by atoms with Gasteiger partial charge in [0.25, 0.3) is 0 Å². The van der Waals surface area contributed by atoms with Gasteiger partial charge in [0.2, 0.25) is 11.8 Å². The number of nitrogens with zero attached hydrogens (tertiary/aromatic N) is 1. The van der Waals surface area contributed by atoms with Crippen LogP contribution in [0.4, 0.5) is 0 Å². The van der Waals surface area contributed by atoms with Crippen molar-refractivity contribution in [2.45, 2.75) is 32.4 Å². The molecular weight excluding hydrogens is 266 g/mol. The van der Waals surface area contributed by atoms with E-state index in [0.717, 1.165) is 5.56 Å². The predicted molar refractivity (Wildman–Crippen MR) is 84.0 cm³/mol. The van der Waals surface area contributed by atoms with E-state index in [1.807, 2.05) is 31.2 Å². The highest BCUT2D eigenvalue weighted by Crippen LogP contribution is 2.11. The lowest BCUT2D eigenvalue weighted by Crippen LogP contribution is -2.52. The Labute approximate surface area is 126 Å². The van der Waals surface area contributed by atoms with Gasteiger partial charge in [0.1, 0.15) is 6.04 Å². The van der Waals surface area contributed by atoms with Gasteiger partial charge in [0.05, 0.1) is 6.04 Å². The zero-order valence-electron chi connectivity index (χ0n) is 13.4. The number of amides is 2. The molecule has 0 bridgehead atoms. The summed E-state index contributed by atoms with van der Waals surface area (Å²) < 4.78 is 0. The van der Waals surface area contributed by atoms with E-state index in [1.165, 1.54) is 10.5 Å². The molecule has 0 aliphatic carbocycles. The van der Waals surface area contributed by atoms with Crippen molar-refractivity contribution in [1.82, 2.24) is 15.5 Å². The second-order valence-corrected chi connectivity index (χ2v) is 5.28. The average Bonchev–Trinajstić information content (AvgIpc) is 2.51. The summed E-state index contributed by atoms with van der Waals surface area (Å²) in [5, 5.41) is 5.54. The summed E-state index contributed by atoms with van der Waals surface area (Å²) in [6.07, 6.45) is 0.499. The first kappa shape index (κ1) is 17.2. The number of hydrogen-bond donors (Lipinski definition) is 2. The van der Waals surface area contributed by atoms with Crippen LogP contribution in [0.25, 0.3) is 0 Å². The third-order valence-corrected chi connectivity index (χ3v) is 3.72. The Morgan fingerprint density at radius 3 is 2.24 bits per heavy atom. The van der Waals surface area contributed by atoms with Crippen molar-refractivity contribution >= 4 is 11.8 Å². The number of rotatable bonds is 6. The van der Waals surface area contributed by atoms with Crippen molar-refractivity contribution in [2.24, 2.45) is 0 Å². The molecule has 116 valence electrons. The lowest BCUT2D eigenvalue weighted by Gasteiger charge is -2.29. The van der Waals surface area contributed by atoms with E-state index < -0.39 is 6.04 Å². The highest BCUT2D eigenvalue weighted by atomic mass is 16.2. The summed E-state index contributed by atoms with van der Waals surface area (Å²) in [4.78, 5) is 25.9. The van der Waals surface area contributed by atoms with Gasteiger partial charge in [-0.2, -0.15) is 0 Å². The van der Waals surface area contributed by atoms with Gasteiger partial charge >= 0.3 is 0 Å². The fraction of sp³-hybridized carbons (Fsp3) is 0.500. The minimum atomic E-state index is -0.513. The summed E-state index contributed by atoms with van der Waals surface area (Å²) in [6.45, 7) is 3.80. The highest BCUT2D eigenvalue weighted by molar-refractivity contribution is 5.89. The van der Waals surface area contributed by atoms with E-state index in [4.69, 9.17) is 0 Å². The predicted octanol–water partition coefficient (Wildman–Crippen LogP) is 0.718. The Bertz CT molecular complexity index is 485. The molecule has 1 aromatic rings. The normalized spacial score (nSPS) is 13.4. The molecule has 0 saturated heterocycles. The van der Waals surface area contributed by atoms with Gasteiger partial charge in [-0.25, -0.2) is 0 Å². The molecule has 1 aromatic carbocycles. The van der Waals surface area contributed by atoms with Crippen LogP contribution in [0.1, 0.15) is 18.1 Å². The van der Waals surface area contributed by atoms with Crippen LogP contribution in [-0.4, -0.2) is 49.9 Å². The minimum absolute atomic E-state index is 0.0989. The number of hydrogen-bond acceptors (Lipinski definition) is 3. The molecule has 2 amide bonds. The number of carbonyl (C=O) groups excluding carboxylic acids is 2. The lowest BCUT2D eigenvalue weighted by atomic mass is 10.0. The number of benzene rings is 1. The van der Waals surface area contributed by atoms with Gasteiger partial charge < -0.3 is 15.5 Å². The van der Waals surface area contributed by atoms with Gasteiger partial charge in [0, 0.05) is 20.5 Å². The van der Waals surface area contributed by atoms with Crippen LogP contribution in [0.5, 0.6) is 0 Å². The lowest BCUT2D eigenvalue weighted by molar-refractivity contribution is -0.139. The van der Waals surface area contributed by atoms with Crippen LogP contribution in [0.3, 0.4) is 0 Å².